The molecule has 0 saturated carbocycles. The zero-order chi connectivity index (χ0) is 16.9. The van der Waals surface area contributed by atoms with Crippen molar-refractivity contribution in [1.29, 1.82) is 0 Å². The first kappa shape index (κ1) is 15.7. The quantitative estimate of drug-likeness (QED) is 0.687. The van der Waals surface area contributed by atoms with E-state index in [4.69, 9.17) is 4.84 Å². The molecule has 0 fully saturated rings. The van der Waals surface area contributed by atoms with Gasteiger partial charge in [0, 0.05) is 25.5 Å². The number of carbonyl (C=O) groups excluding carboxylic acids is 1. The summed E-state index contributed by atoms with van der Waals surface area (Å²) in [6, 6.07) is 18.3. The third-order valence-electron chi connectivity index (χ3n) is 3.39. The van der Waals surface area contributed by atoms with Crippen LogP contribution in [0.2, 0.25) is 0 Å². The third-order valence-corrected chi connectivity index (χ3v) is 3.39. The maximum absolute atomic E-state index is 11.4. The van der Waals surface area contributed by atoms with Crippen molar-refractivity contribution in [3.8, 4) is 11.1 Å². The summed E-state index contributed by atoms with van der Waals surface area (Å²) < 4.78 is 0. The Kier molecular flexibility index (Phi) is 4.51. The molecule has 0 unspecified atom stereocenters. The minimum Gasteiger partial charge on any atom is -0.312 e. The number of benzene rings is 2. The SMILES string of the molecule is CN(C)C(=O)On1nnc(Cc2ccc(-c3ccccc3)cc2)n1. The van der Waals surface area contributed by atoms with Crippen LogP contribution in [0.25, 0.3) is 11.1 Å². The molecule has 0 radical (unpaired) electrons. The summed E-state index contributed by atoms with van der Waals surface area (Å²) in [5.41, 5.74) is 3.37. The van der Waals surface area contributed by atoms with Crippen molar-refractivity contribution >= 4 is 6.09 Å². The number of hydrogen-bond acceptors (Lipinski definition) is 5. The summed E-state index contributed by atoms with van der Waals surface area (Å²) >= 11 is 0. The zero-order valence-corrected chi connectivity index (χ0v) is 13.5. The highest BCUT2D eigenvalue weighted by atomic mass is 16.7. The number of amides is 1. The van der Waals surface area contributed by atoms with E-state index in [1.807, 2.05) is 30.3 Å². The van der Waals surface area contributed by atoms with Gasteiger partial charge in [-0.3, -0.25) is 4.84 Å². The van der Waals surface area contributed by atoms with Crippen LogP contribution in [0.1, 0.15) is 11.4 Å². The van der Waals surface area contributed by atoms with Crippen LogP contribution in [0.15, 0.2) is 54.6 Å². The van der Waals surface area contributed by atoms with Gasteiger partial charge in [-0.2, -0.15) is 0 Å². The summed E-state index contributed by atoms with van der Waals surface area (Å²) in [6.07, 6.45) is -0.0552. The van der Waals surface area contributed by atoms with Crippen molar-refractivity contribution in [3.63, 3.8) is 0 Å². The molecule has 1 aromatic heterocycles. The van der Waals surface area contributed by atoms with Gasteiger partial charge in [0.05, 0.1) is 0 Å². The molecule has 0 aliphatic carbocycles. The molecule has 2 aromatic carbocycles. The predicted octanol–water partition coefficient (Wildman–Crippen LogP) is 2.04. The monoisotopic (exact) mass is 323 g/mol. The largest absolute Gasteiger partial charge is 0.436 e. The highest BCUT2D eigenvalue weighted by Gasteiger charge is 2.10. The molecule has 0 aliphatic heterocycles. The lowest BCUT2D eigenvalue weighted by molar-refractivity contribution is 0.0710. The lowest BCUT2D eigenvalue weighted by Gasteiger charge is -2.07. The van der Waals surface area contributed by atoms with Gasteiger partial charge >= 0.3 is 6.09 Å². The van der Waals surface area contributed by atoms with Crippen molar-refractivity contribution in [2.75, 3.05) is 14.1 Å². The van der Waals surface area contributed by atoms with Crippen molar-refractivity contribution in [2.45, 2.75) is 6.42 Å². The molecule has 7 nitrogen and oxygen atoms in total. The molecular weight excluding hydrogens is 306 g/mol. The zero-order valence-electron chi connectivity index (χ0n) is 13.5. The van der Waals surface area contributed by atoms with Crippen LogP contribution in [0, 0.1) is 0 Å². The van der Waals surface area contributed by atoms with E-state index in [0.29, 0.717) is 12.2 Å². The Hall–Kier alpha value is -3.22. The fourth-order valence-electron chi connectivity index (χ4n) is 2.12. The van der Waals surface area contributed by atoms with Crippen LogP contribution in [0.3, 0.4) is 0 Å². The highest BCUT2D eigenvalue weighted by molar-refractivity contribution is 5.66. The topological polar surface area (TPSA) is 73.1 Å². The van der Waals surface area contributed by atoms with Crippen molar-refractivity contribution in [3.05, 3.63) is 66.0 Å². The van der Waals surface area contributed by atoms with Gasteiger partial charge in [0.2, 0.25) is 0 Å². The van der Waals surface area contributed by atoms with Crippen LogP contribution < -0.4 is 4.84 Å². The Morgan fingerprint density at radius 1 is 1.04 bits per heavy atom. The first-order valence-corrected chi connectivity index (χ1v) is 7.45. The number of rotatable bonds is 4. The highest BCUT2D eigenvalue weighted by Crippen LogP contribution is 2.19. The number of aromatic nitrogens is 4. The van der Waals surface area contributed by atoms with E-state index in [1.54, 1.807) is 14.1 Å². The number of tetrazole rings is 1. The third kappa shape index (κ3) is 3.75. The van der Waals surface area contributed by atoms with Gasteiger partial charge in [-0.15, -0.1) is 5.10 Å². The predicted molar refractivity (Wildman–Crippen MR) is 88.2 cm³/mol. The summed E-state index contributed by atoms with van der Waals surface area (Å²) in [4.78, 5) is 18.4. The van der Waals surface area contributed by atoms with E-state index in [9.17, 15) is 4.79 Å². The molecule has 3 aromatic rings. The number of hydrogen-bond donors (Lipinski definition) is 0. The first-order chi connectivity index (χ1) is 11.6. The van der Waals surface area contributed by atoms with E-state index >= 15 is 0 Å². The van der Waals surface area contributed by atoms with Gasteiger partial charge in [-0.1, -0.05) is 59.7 Å². The molecule has 3 rings (SSSR count). The Labute approximate surface area is 139 Å². The van der Waals surface area contributed by atoms with E-state index in [0.717, 1.165) is 16.1 Å². The molecule has 0 aliphatic rings. The molecule has 0 saturated heterocycles. The molecule has 24 heavy (non-hydrogen) atoms. The minimum atomic E-state index is -0.564. The van der Waals surface area contributed by atoms with Crippen LogP contribution >= 0.6 is 0 Å². The molecule has 0 atom stereocenters. The maximum Gasteiger partial charge on any atom is 0.436 e. The molecule has 0 spiro atoms. The van der Waals surface area contributed by atoms with Crippen LogP contribution in [0.5, 0.6) is 0 Å². The van der Waals surface area contributed by atoms with Crippen LogP contribution in [-0.4, -0.2) is 45.5 Å². The second-order valence-corrected chi connectivity index (χ2v) is 5.45. The smallest absolute Gasteiger partial charge is 0.312 e. The van der Waals surface area contributed by atoms with E-state index < -0.39 is 6.09 Å². The average molecular weight is 323 g/mol. The summed E-state index contributed by atoms with van der Waals surface area (Å²) in [5, 5.41) is 11.6. The Morgan fingerprint density at radius 2 is 1.71 bits per heavy atom. The van der Waals surface area contributed by atoms with E-state index in [-0.39, 0.29) is 0 Å². The van der Waals surface area contributed by atoms with Crippen LogP contribution in [0.4, 0.5) is 4.79 Å². The fraction of sp³-hybridized carbons (Fsp3) is 0.176. The molecule has 7 heteroatoms. The normalized spacial score (nSPS) is 10.4. The van der Waals surface area contributed by atoms with Crippen molar-refractivity contribution < 1.29 is 9.63 Å². The molecular formula is C17H17N5O2. The molecule has 1 amide bonds. The number of carbonyl (C=O) groups is 1. The first-order valence-electron chi connectivity index (χ1n) is 7.45. The van der Waals surface area contributed by atoms with E-state index in [1.165, 1.54) is 10.5 Å². The summed E-state index contributed by atoms with van der Waals surface area (Å²) in [7, 11) is 3.16. The Morgan fingerprint density at radius 3 is 2.38 bits per heavy atom. The Bertz CT molecular complexity index is 813. The molecule has 0 bridgehead atoms. The number of nitrogens with zero attached hydrogens (tertiary/aromatic N) is 5. The van der Waals surface area contributed by atoms with Crippen LogP contribution in [-0.2, 0) is 6.42 Å². The van der Waals surface area contributed by atoms with Gasteiger partial charge in [-0.05, 0) is 21.9 Å². The second kappa shape index (κ2) is 6.91. The van der Waals surface area contributed by atoms with Gasteiger partial charge in [0.25, 0.3) is 0 Å². The maximum atomic E-state index is 11.4. The van der Waals surface area contributed by atoms with Gasteiger partial charge < -0.3 is 4.90 Å². The summed E-state index contributed by atoms with van der Waals surface area (Å²) in [6.45, 7) is 0. The van der Waals surface area contributed by atoms with Gasteiger partial charge in [0.15, 0.2) is 5.82 Å². The summed E-state index contributed by atoms with van der Waals surface area (Å²) in [5.74, 6) is 0.481. The molecule has 1 heterocycles. The van der Waals surface area contributed by atoms with Crippen molar-refractivity contribution in [1.82, 2.24) is 25.3 Å². The van der Waals surface area contributed by atoms with Crippen molar-refractivity contribution in [2.24, 2.45) is 0 Å². The lowest BCUT2D eigenvalue weighted by atomic mass is 10.0. The van der Waals surface area contributed by atoms with Gasteiger partial charge in [0.1, 0.15) is 0 Å². The molecule has 122 valence electrons. The average Bonchev–Trinajstić information content (AvgIpc) is 3.03. The lowest BCUT2D eigenvalue weighted by Crippen LogP contribution is -2.32. The van der Waals surface area contributed by atoms with Gasteiger partial charge in [-0.25, -0.2) is 4.79 Å². The van der Waals surface area contributed by atoms with E-state index in [2.05, 4.69) is 39.7 Å². The standard InChI is InChI=1S/C17H17N5O2/c1-21(2)17(23)24-22-19-16(18-20-22)12-13-8-10-15(11-9-13)14-6-4-3-5-7-14/h3-11H,12H2,1-2H3. The Balaban J connectivity index is 1.66. The molecule has 0 N–H and O–H groups in total. The second-order valence-electron chi connectivity index (χ2n) is 5.45. The fourth-order valence-corrected chi connectivity index (χ4v) is 2.12. The minimum absolute atomic E-state index is 0.481.